The van der Waals surface area contributed by atoms with E-state index in [2.05, 4.69) is 129 Å². The van der Waals surface area contributed by atoms with Crippen LogP contribution in [0.3, 0.4) is 0 Å². The Hall–Kier alpha value is -7.56. The second-order valence-corrected chi connectivity index (χ2v) is 19.2. The van der Waals surface area contributed by atoms with E-state index < -0.39 is 0 Å². The molecule has 0 aliphatic rings. The summed E-state index contributed by atoms with van der Waals surface area (Å²) in [6.07, 6.45) is 0. The molecule has 10 rings (SSSR count). The van der Waals surface area contributed by atoms with Gasteiger partial charge in [-0.15, -0.1) is 0 Å². The molecule has 0 fully saturated rings. The predicted molar refractivity (Wildman–Crippen MR) is 311 cm³/mol. The number of benzene rings is 7. The van der Waals surface area contributed by atoms with Crippen molar-refractivity contribution >= 4 is 51.9 Å². The van der Waals surface area contributed by atoms with Crippen molar-refractivity contribution in [3.8, 4) is 102 Å². The standard InChI is InChI=1S/C63H57Cl3N6O3/c1-7-70(8-2)46-31-25-40(26-32-46)55-58(49-19-13-16-22-52(49)64)73-61(67-55)43-37-44(62-68-56(59(74-62)50-20-14-17-23-53(50)65)41-27-33-47(34-28-41)71(9-3)10-4)39-45(38-43)63-69-57(60(75-63)51-21-15-18-24-54(51)66)42-29-35-48(36-30-42)72(11-5)12-6/h13-39H,7-12H2,1-6H3. The monoisotopic (exact) mass is 1050 g/mol. The Kier molecular flexibility index (Phi) is 15.3. The Balaban J connectivity index is 1.20. The Morgan fingerprint density at radius 2 is 0.560 bits per heavy atom. The highest BCUT2D eigenvalue weighted by atomic mass is 35.5. The van der Waals surface area contributed by atoms with Crippen LogP contribution >= 0.6 is 34.8 Å². The lowest BCUT2D eigenvalue weighted by atomic mass is 10.0. The minimum absolute atomic E-state index is 0.339. The van der Waals surface area contributed by atoms with Crippen molar-refractivity contribution in [1.29, 1.82) is 0 Å². The normalized spacial score (nSPS) is 11.3. The Morgan fingerprint density at radius 3 is 0.787 bits per heavy atom. The lowest BCUT2D eigenvalue weighted by Gasteiger charge is -2.21. The van der Waals surface area contributed by atoms with E-state index in [-0.39, 0.29) is 0 Å². The van der Waals surface area contributed by atoms with Crippen LogP contribution < -0.4 is 14.7 Å². The van der Waals surface area contributed by atoms with E-state index >= 15 is 0 Å². The second kappa shape index (κ2) is 22.5. The van der Waals surface area contributed by atoms with Gasteiger partial charge in [0, 0.05) is 106 Å². The number of nitrogens with zero attached hydrogens (tertiary/aromatic N) is 6. The van der Waals surface area contributed by atoms with Crippen LogP contribution in [0.1, 0.15) is 41.5 Å². The molecule has 7 aromatic carbocycles. The summed E-state index contributed by atoms with van der Waals surface area (Å²) in [5.74, 6) is 2.60. The van der Waals surface area contributed by atoms with Gasteiger partial charge >= 0.3 is 0 Å². The van der Waals surface area contributed by atoms with Crippen molar-refractivity contribution in [1.82, 2.24) is 15.0 Å². The van der Waals surface area contributed by atoms with Gasteiger partial charge in [0.05, 0.1) is 15.1 Å². The fraction of sp³-hybridized carbons (Fsp3) is 0.190. The summed E-state index contributed by atoms with van der Waals surface area (Å²) in [4.78, 5) is 22.8. The van der Waals surface area contributed by atoms with E-state index in [4.69, 9.17) is 63.0 Å². The molecule has 0 amide bonds. The highest BCUT2D eigenvalue weighted by Gasteiger charge is 2.27. The van der Waals surface area contributed by atoms with Crippen LogP contribution in [0.15, 0.2) is 177 Å². The molecule has 0 saturated carbocycles. The summed E-state index contributed by atoms with van der Waals surface area (Å²) >= 11 is 20.9. The Bertz CT molecular complexity index is 3190. The van der Waals surface area contributed by atoms with Crippen LogP contribution in [-0.4, -0.2) is 54.2 Å². The Labute approximate surface area is 454 Å². The molecular weight excluding hydrogens is 995 g/mol. The van der Waals surface area contributed by atoms with E-state index in [1.807, 2.05) is 91.0 Å². The number of halogens is 3. The van der Waals surface area contributed by atoms with Crippen LogP contribution in [-0.2, 0) is 0 Å². The minimum atomic E-state index is 0.339. The van der Waals surface area contributed by atoms with Gasteiger partial charge in [-0.25, -0.2) is 15.0 Å². The molecule has 0 aliphatic carbocycles. The molecule has 12 heteroatoms. The second-order valence-electron chi connectivity index (χ2n) is 18.0. The first-order chi connectivity index (χ1) is 36.6. The van der Waals surface area contributed by atoms with Crippen molar-refractivity contribution in [2.75, 3.05) is 54.0 Å². The molecule has 0 saturated heterocycles. The molecule has 75 heavy (non-hydrogen) atoms. The smallest absolute Gasteiger partial charge is 0.227 e. The van der Waals surface area contributed by atoms with E-state index in [1.54, 1.807) is 0 Å². The average Bonchev–Trinajstić information content (AvgIpc) is 4.22. The molecule has 3 heterocycles. The largest absolute Gasteiger partial charge is 0.435 e. The van der Waals surface area contributed by atoms with Crippen LogP contribution in [0.4, 0.5) is 17.1 Å². The molecule has 0 spiro atoms. The Morgan fingerprint density at radius 1 is 0.320 bits per heavy atom. The fourth-order valence-electron chi connectivity index (χ4n) is 9.66. The molecule has 3 aromatic heterocycles. The molecule has 0 bridgehead atoms. The van der Waals surface area contributed by atoms with Crippen molar-refractivity contribution in [3.63, 3.8) is 0 Å². The summed E-state index contributed by atoms with van der Waals surface area (Å²) in [6, 6.07) is 54.0. The maximum atomic E-state index is 6.97. The molecule has 0 aliphatic heterocycles. The topological polar surface area (TPSA) is 87.8 Å². The van der Waals surface area contributed by atoms with Crippen LogP contribution in [0.25, 0.3) is 102 Å². The third-order valence-electron chi connectivity index (χ3n) is 13.7. The molecule has 9 nitrogen and oxygen atoms in total. The minimum Gasteiger partial charge on any atom is -0.435 e. The quantitative estimate of drug-likeness (QED) is 0.0834. The summed E-state index contributed by atoms with van der Waals surface area (Å²) in [5, 5.41) is 1.60. The average molecular weight is 1050 g/mol. The van der Waals surface area contributed by atoms with Gasteiger partial charge in [0.25, 0.3) is 0 Å². The van der Waals surface area contributed by atoms with E-state index in [1.165, 1.54) is 0 Å². The summed E-state index contributed by atoms with van der Waals surface area (Å²) in [5.41, 5.74) is 11.8. The first-order valence-electron chi connectivity index (χ1n) is 25.6. The van der Waals surface area contributed by atoms with Gasteiger partial charge in [-0.3, -0.25) is 0 Å². The fourth-order valence-corrected chi connectivity index (χ4v) is 10.3. The van der Waals surface area contributed by atoms with Crippen LogP contribution in [0.2, 0.25) is 15.1 Å². The van der Waals surface area contributed by atoms with Gasteiger partial charge in [-0.1, -0.05) is 108 Å². The van der Waals surface area contributed by atoms with Crippen molar-refractivity contribution < 1.29 is 13.3 Å². The molecule has 378 valence electrons. The van der Waals surface area contributed by atoms with E-state index in [0.717, 1.165) is 73.0 Å². The van der Waals surface area contributed by atoms with Crippen LogP contribution in [0, 0.1) is 0 Å². The lowest BCUT2D eigenvalue weighted by Crippen LogP contribution is -2.21. The van der Waals surface area contributed by atoms with Gasteiger partial charge < -0.3 is 28.0 Å². The molecule has 0 N–H and O–H groups in total. The van der Waals surface area contributed by atoms with E-state index in [0.29, 0.717) is 100 Å². The summed E-state index contributed by atoms with van der Waals surface area (Å²) in [7, 11) is 0. The number of hydrogen-bond donors (Lipinski definition) is 0. The molecule has 0 unspecified atom stereocenters. The maximum Gasteiger partial charge on any atom is 0.227 e. The highest BCUT2D eigenvalue weighted by molar-refractivity contribution is 6.34. The zero-order chi connectivity index (χ0) is 52.2. The van der Waals surface area contributed by atoms with Crippen molar-refractivity contribution in [2.45, 2.75) is 41.5 Å². The van der Waals surface area contributed by atoms with Crippen LogP contribution in [0.5, 0.6) is 0 Å². The molecule has 10 aromatic rings. The molecular formula is C63H57Cl3N6O3. The first kappa shape index (κ1) is 50.9. The SMILES string of the molecule is CCN(CC)c1ccc(-c2nc(-c3cc(-c4nc(-c5ccc(N(CC)CC)cc5)c(-c5ccccc5Cl)o4)cc(-c4nc(-c5ccc(N(CC)CC)cc5)c(-c5ccccc5Cl)o4)c3)oc2-c2ccccc2Cl)cc1. The van der Waals surface area contributed by atoms with E-state index in [9.17, 15) is 0 Å². The molecule has 0 atom stereocenters. The zero-order valence-electron chi connectivity index (χ0n) is 42.9. The van der Waals surface area contributed by atoms with Gasteiger partial charge in [0.2, 0.25) is 17.7 Å². The maximum absolute atomic E-state index is 6.97. The van der Waals surface area contributed by atoms with Gasteiger partial charge in [0.1, 0.15) is 17.1 Å². The van der Waals surface area contributed by atoms with Crippen molar-refractivity contribution in [2.24, 2.45) is 0 Å². The summed E-state index contributed by atoms with van der Waals surface area (Å²) in [6.45, 7) is 18.2. The number of hydrogen-bond acceptors (Lipinski definition) is 9. The van der Waals surface area contributed by atoms with Gasteiger partial charge in [0.15, 0.2) is 17.3 Å². The lowest BCUT2D eigenvalue weighted by molar-refractivity contribution is 0.584. The predicted octanol–water partition coefficient (Wildman–Crippen LogP) is 18.2. The number of rotatable bonds is 18. The summed E-state index contributed by atoms with van der Waals surface area (Å²) < 4.78 is 20.8. The van der Waals surface area contributed by atoms with Gasteiger partial charge in [-0.2, -0.15) is 0 Å². The number of oxazole rings is 3. The highest BCUT2D eigenvalue weighted by Crippen LogP contribution is 2.45. The first-order valence-corrected chi connectivity index (χ1v) is 26.8. The number of aromatic nitrogens is 3. The van der Waals surface area contributed by atoms with Crippen molar-refractivity contribution in [3.05, 3.63) is 179 Å². The zero-order valence-corrected chi connectivity index (χ0v) is 45.1. The van der Waals surface area contributed by atoms with Gasteiger partial charge in [-0.05, 0) is 133 Å². The third-order valence-corrected chi connectivity index (χ3v) is 14.7. The number of anilines is 3. The molecule has 0 radical (unpaired) electrons. The third kappa shape index (κ3) is 10.3.